The summed E-state index contributed by atoms with van der Waals surface area (Å²) >= 11 is 0. The fourth-order valence-electron chi connectivity index (χ4n) is 3.46. The highest BCUT2D eigenvalue weighted by molar-refractivity contribution is 5.75. The summed E-state index contributed by atoms with van der Waals surface area (Å²) in [5, 5.41) is 3.53. The molecule has 18 heavy (non-hydrogen) atoms. The Balaban J connectivity index is 1.95. The van der Waals surface area contributed by atoms with E-state index in [4.69, 9.17) is 4.74 Å². The molecule has 2 bridgehead atoms. The maximum absolute atomic E-state index is 11.8. The molecule has 2 aliphatic heterocycles. The Morgan fingerprint density at radius 2 is 1.83 bits per heavy atom. The molecule has 2 saturated heterocycles. The van der Waals surface area contributed by atoms with Crippen molar-refractivity contribution in [2.75, 3.05) is 14.2 Å². The molecule has 3 atom stereocenters. The third-order valence-corrected chi connectivity index (χ3v) is 4.64. The van der Waals surface area contributed by atoms with Crippen LogP contribution in [-0.2, 0) is 9.53 Å². The van der Waals surface area contributed by atoms with Crippen molar-refractivity contribution in [3.63, 3.8) is 0 Å². The van der Waals surface area contributed by atoms with Crippen LogP contribution in [0, 0.1) is 5.92 Å². The predicted octanol–water partition coefficient (Wildman–Crippen LogP) is 1.40. The topological polar surface area (TPSA) is 41.6 Å². The van der Waals surface area contributed by atoms with Crippen molar-refractivity contribution in [3.05, 3.63) is 0 Å². The summed E-state index contributed by atoms with van der Waals surface area (Å²) in [7, 11) is 3.70. The van der Waals surface area contributed by atoms with Gasteiger partial charge in [0.15, 0.2) is 0 Å². The van der Waals surface area contributed by atoms with Gasteiger partial charge in [0.1, 0.15) is 6.04 Å². The zero-order chi connectivity index (χ0) is 13.3. The van der Waals surface area contributed by atoms with Crippen molar-refractivity contribution in [1.82, 2.24) is 10.2 Å². The number of nitrogens with one attached hydrogen (secondary N) is 1. The van der Waals surface area contributed by atoms with Crippen LogP contribution < -0.4 is 5.32 Å². The van der Waals surface area contributed by atoms with E-state index in [0.29, 0.717) is 18.1 Å². The van der Waals surface area contributed by atoms with E-state index in [1.54, 1.807) is 0 Å². The summed E-state index contributed by atoms with van der Waals surface area (Å²) in [6.45, 7) is 4.14. The van der Waals surface area contributed by atoms with Gasteiger partial charge in [-0.3, -0.25) is 4.79 Å². The maximum atomic E-state index is 11.8. The molecular formula is C14H26N2O2. The highest BCUT2D eigenvalue weighted by Gasteiger charge is 2.39. The van der Waals surface area contributed by atoms with E-state index in [2.05, 4.69) is 31.1 Å². The highest BCUT2D eigenvalue weighted by atomic mass is 16.5. The van der Waals surface area contributed by atoms with Gasteiger partial charge in [0.2, 0.25) is 0 Å². The lowest BCUT2D eigenvalue weighted by Crippen LogP contribution is -2.53. The molecular weight excluding hydrogens is 228 g/mol. The minimum absolute atomic E-state index is 0.128. The standard InChI is InChI=1S/C14H26N2O2/c1-9(2)13(14(17)18-4)15-10-7-11-5-6-12(8-10)16(11)3/h9-13,15H,5-8H2,1-4H3. The minimum Gasteiger partial charge on any atom is -0.468 e. The molecule has 3 unspecified atom stereocenters. The van der Waals surface area contributed by atoms with Gasteiger partial charge in [-0.2, -0.15) is 0 Å². The van der Waals surface area contributed by atoms with E-state index >= 15 is 0 Å². The summed E-state index contributed by atoms with van der Waals surface area (Å²) in [4.78, 5) is 14.3. The molecule has 2 rings (SSSR count). The largest absolute Gasteiger partial charge is 0.468 e. The van der Waals surface area contributed by atoms with Gasteiger partial charge in [-0.25, -0.2) is 0 Å². The van der Waals surface area contributed by atoms with Gasteiger partial charge < -0.3 is 15.0 Å². The molecule has 2 fully saturated rings. The Hall–Kier alpha value is -0.610. The molecule has 0 aromatic rings. The van der Waals surface area contributed by atoms with Gasteiger partial charge in [-0.1, -0.05) is 13.8 Å². The molecule has 104 valence electrons. The fourth-order valence-corrected chi connectivity index (χ4v) is 3.46. The molecule has 1 N–H and O–H groups in total. The van der Waals surface area contributed by atoms with E-state index < -0.39 is 0 Å². The van der Waals surface area contributed by atoms with Crippen LogP contribution in [0.2, 0.25) is 0 Å². The summed E-state index contributed by atoms with van der Waals surface area (Å²) in [6, 6.07) is 1.70. The quantitative estimate of drug-likeness (QED) is 0.770. The number of hydrogen-bond acceptors (Lipinski definition) is 4. The number of fused-ring (bicyclic) bond motifs is 2. The van der Waals surface area contributed by atoms with E-state index in [-0.39, 0.29) is 17.9 Å². The minimum atomic E-state index is -0.164. The number of carbonyl (C=O) groups is 1. The summed E-state index contributed by atoms with van der Waals surface area (Å²) in [5.41, 5.74) is 0. The van der Waals surface area contributed by atoms with Gasteiger partial charge in [-0.15, -0.1) is 0 Å². The van der Waals surface area contributed by atoms with Gasteiger partial charge in [0.25, 0.3) is 0 Å². The van der Waals surface area contributed by atoms with Gasteiger partial charge in [0, 0.05) is 18.1 Å². The number of methoxy groups -OCH3 is 1. The molecule has 0 aromatic heterocycles. The van der Waals surface area contributed by atoms with Crippen LogP contribution >= 0.6 is 0 Å². The summed E-state index contributed by atoms with van der Waals surface area (Å²) in [5.74, 6) is 0.144. The average molecular weight is 254 g/mol. The normalized spacial score (nSPS) is 33.7. The molecule has 2 aliphatic rings. The lowest BCUT2D eigenvalue weighted by molar-refractivity contribution is -0.144. The Morgan fingerprint density at radius 3 is 2.28 bits per heavy atom. The summed E-state index contributed by atoms with van der Waals surface area (Å²) in [6.07, 6.45) is 4.94. The second kappa shape index (κ2) is 5.57. The molecule has 0 spiro atoms. The number of piperidine rings is 1. The molecule has 4 heteroatoms. The number of esters is 1. The lowest BCUT2D eigenvalue weighted by Gasteiger charge is -2.38. The van der Waals surface area contributed by atoms with Crippen molar-refractivity contribution < 1.29 is 9.53 Å². The Morgan fingerprint density at radius 1 is 1.28 bits per heavy atom. The number of nitrogens with zero attached hydrogens (tertiary/aromatic N) is 1. The molecule has 0 aliphatic carbocycles. The van der Waals surface area contributed by atoms with Crippen LogP contribution in [0.3, 0.4) is 0 Å². The SMILES string of the molecule is COC(=O)C(NC1CC2CCC(C1)N2C)C(C)C. The number of hydrogen-bond donors (Lipinski definition) is 1. The first-order chi connectivity index (χ1) is 8.52. The third-order valence-electron chi connectivity index (χ3n) is 4.64. The van der Waals surface area contributed by atoms with Crippen LogP contribution in [0.15, 0.2) is 0 Å². The number of ether oxygens (including phenoxy) is 1. The first-order valence-electron chi connectivity index (χ1n) is 7.08. The van der Waals surface area contributed by atoms with E-state index in [0.717, 1.165) is 12.8 Å². The van der Waals surface area contributed by atoms with E-state index in [1.165, 1.54) is 20.0 Å². The Labute approximate surface area is 110 Å². The average Bonchev–Trinajstić information content (AvgIpc) is 2.56. The monoisotopic (exact) mass is 254 g/mol. The molecule has 0 saturated carbocycles. The Kier molecular flexibility index (Phi) is 4.28. The van der Waals surface area contributed by atoms with E-state index in [9.17, 15) is 4.79 Å². The fraction of sp³-hybridized carbons (Fsp3) is 0.929. The maximum Gasteiger partial charge on any atom is 0.323 e. The van der Waals surface area contributed by atoms with Crippen molar-refractivity contribution >= 4 is 5.97 Å². The molecule has 4 nitrogen and oxygen atoms in total. The van der Waals surface area contributed by atoms with Crippen LogP contribution in [0.5, 0.6) is 0 Å². The van der Waals surface area contributed by atoms with Crippen LogP contribution in [0.1, 0.15) is 39.5 Å². The van der Waals surface area contributed by atoms with Crippen molar-refractivity contribution in [1.29, 1.82) is 0 Å². The van der Waals surface area contributed by atoms with E-state index in [1.807, 2.05) is 0 Å². The predicted molar refractivity (Wildman–Crippen MR) is 71.4 cm³/mol. The molecule has 0 aromatic carbocycles. The zero-order valence-electron chi connectivity index (χ0n) is 12.0. The van der Waals surface area contributed by atoms with Crippen LogP contribution in [0.4, 0.5) is 0 Å². The highest BCUT2D eigenvalue weighted by Crippen LogP contribution is 2.34. The number of rotatable bonds is 4. The van der Waals surface area contributed by atoms with Crippen molar-refractivity contribution in [2.24, 2.45) is 5.92 Å². The lowest BCUT2D eigenvalue weighted by atomic mass is 9.95. The summed E-state index contributed by atoms with van der Waals surface area (Å²) < 4.78 is 4.89. The Bertz CT molecular complexity index is 292. The van der Waals surface area contributed by atoms with Gasteiger partial charge in [0.05, 0.1) is 7.11 Å². The zero-order valence-corrected chi connectivity index (χ0v) is 12.0. The molecule has 0 amide bonds. The van der Waals surface area contributed by atoms with Gasteiger partial charge >= 0.3 is 5.97 Å². The van der Waals surface area contributed by atoms with Crippen molar-refractivity contribution in [3.8, 4) is 0 Å². The molecule has 2 heterocycles. The third kappa shape index (κ3) is 2.69. The second-order valence-corrected chi connectivity index (χ2v) is 6.13. The number of carbonyl (C=O) groups excluding carboxylic acids is 1. The van der Waals surface area contributed by atoms with Gasteiger partial charge in [-0.05, 0) is 38.6 Å². The second-order valence-electron chi connectivity index (χ2n) is 6.13. The smallest absolute Gasteiger partial charge is 0.323 e. The van der Waals surface area contributed by atoms with Crippen LogP contribution in [-0.4, -0.2) is 49.2 Å². The molecule has 0 radical (unpaired) electrons. The van der Waals surface area contributed by atoms with Crippen molar-refractivity contribution in [2.45, 2.75) is 63.7 Å². The first-order valence-corrected chi connectivity index (χ1v) is 7.08. The first kappa shape index (κ1) is 13.8. The van der Waals surface area contributed by atoms with Crippen LogP contribution in [0.25, 0.3) is 0 Å².